The van der Waals surface area contributed by atoms with Crippen LogP contribution in [0.4, 0.5) is 0 Å². The van der Waals surface area contributed by atoms with Crippen LogP contribution in [0.15, 0.2) is 12.1 Å². The van der Waals surface area contributed by atoms with E-state index in [1.54, 1.807) is 12.1 Å². The number of phenols is 2. The number of aromatic hydroxyl groups is 2. The highest BCUT2D eigenvalue weighted by Gasteiger charge is 2.10. The van der Waals surface area contributed by atoms with Crippen LogP contribution in [-0.4, -0.2) is 23.4 Å². The van der Waals surface area contributed by atoms with Crippen LogP contribution in [-0.2, 0) is 6.42 Å². The fraction of sp³-hybridized carbons (Fsp3) is 0.400. The van der Waals surface area contributed by atoms with E-state index in [2.05, 4.69) is 0 Å². The van der Waals surface area contributed by atoms with Gasteiger partial charge in [0.2, 0.25) is 5.75 Å². The molecular weight excluding hydrogens is 182 g/mol. The molecule has 78 valence electrons. The molecule has 0 amide bonds. The first-order chi connectivity index (χ1) is 6.54. The van der Waals surface area contributed by atoms with Gasteiger partial charge >= 0.3 is 0 Å². The molecule has 4 nitrogen and oxygen atoms in total. The third kappa shape index (κ3) is 2.29. The lowest BCUT2D eigenvalue weighted by Crippen LogP contribution is -2.17. The second-order valence-corrected chi connectivity index (χ2v) is 3.35. The van der Waals surface area contributed by atoms with E-state index in [0.717, 1.165) is 5.56 Å². The summed E-state index contributed by atoms with van der Waals surface area (Å²) in [7, 11) is 1.39. The van der Waals surface area contributed by atoms with Crippen molar-refractivity contribution in [1.82, 2.24) is 0 Å². The number of benzene rings is 1. The Bertz CT molecular complexity index is 300. The minimum absolute atomic E-state index is 0.0119. The summed E-state index contributed by atoms with van der Waals surface area (Å²) in [5.74, 6) is -0.0373. The molecule has 0 saturated heterocycles. The van der Waals surface area contributed by atoms with Gasteiger partial charge in [-0.2, -0.15) is 0 Å². The van der Waals surface area contributed by atoms with Gasteiger partial charge in [-0.25, -0.2) is 0 Å². The fourth-order valence-corrected chi connectivity index (χ4v) is 1.35. The van der Waals surface area contributed by atoms with Crippen LogP contribution in [0.2, 0.25) is 0 Å². The number of phenolic OH excluding ortho intramolecular Hbond substituents is 2. The lowest BCUT2D eigenvalue weighted by molar-refractivity contribution is 0.344. The Morgan fingerprint density at radius 3 is 2.21 bits per heavy atom. The molecule has 4 N–H and O–H groups in total. The van der Waals surface area contributed by atoms with Crippen molar-refractivity contribution in [2.75, 3.05) is 7.11 Å². The molecule has 0 bridgehead atoms. The van der Waals surface area contributed by atoms with Gasteiger partial charge in [0.25, 0.3) is 0 Å². The van der Waals surface area contributed by atoms with Gasteiger partial charge in [0.05, 0.1) is 7.11 Å². The van der Waals surface area contributed by atoms with Crippen LogP contribution in [0, 0.1) is 0 Å². The van der Waals surface area contributed by atoms with Gasteiger partial charge in [-0.1, -0.05) is 0 Å². The van der Waals surface area contributed by atoms with Gasteiger partial charge in [0.1, 0.15) is 0 Å². The molecule has 0 fully saturated rings. The molecule has 0 aliphatic rings. The molecule has 1 atom stereocenters. The van der Waals surface area contributed by atoms with Crippen LogP contribution in [0.3, 0.4) is 0 Å². The number of rotatable bonds is 3. The highest BCUT2D eigenvalue weighted by Crippen LogP contribution is 2.36. The Morgan fingerprint density at radius 1 is 1.36 bits per heavy atom. The topological polar surface area (TPSA) is 75.7 Å². The molecule has 0 radical (unpaired) electrons. The summed E-state index contributed by atoms with van der Waals surface area (Å²) < 4.78 is 4.80. The molecule has 1 aromatic rings. The number of methoxy groups -OCH3 is 1. The lowest BCUT2D eigenvalue weighted by atomic mass is 10.1. The molecule has 0 aliphatic carbocycles. The van der Waals surface area contributed by atoms with Gasteiger partial charge < -0.3 is 20.7 Å². The van der Waals surface area contributed by atoms with E-state index in [1.807, 2.05) is 6.92 Å². The third-order valence-corrected chi connectivity index (χ3v) is 1.87. The average Bonchev–Trinajstić information content (AvgIpc) is 2.01. The van der Waals surface area contributed by atoms with Crippen molar-refractivity contribution >= 4 is 0 Å². The molecule has 0 aliphatic heterocycles. The van der Waals surface area contributed by atoms with Gasteiger partial charge in [-0.3, -0.25) is 0 Å². The Hall–Kier alpha value is -1.42. The zero-order valence-corrected chi connectivity index (χ0v) is 8.32. The lowest BCUT2D eigenvalue weighted by Gasteiger charge is -2.10. The Labute approximate surface area is 82.9 Å². The maximum atomic E-state index is 9.46. The van der Waals surface area contributed by atoms with E-state index >= 15 is 0 Å². The largest absolute Gasteiger partial charge is 0.504 e. The van der Waals surface area contributed by atoms with Crippen molar-refractivity contribution < 1.29 is 14.9 Å². The second kappa shape index (κ2) is 4.19. The first-order valence-electron chi connectivity index (χ1n) is 4.39. The van der Waals surface area contributed by atoms with Gasteiger partial charge in [-0.05, 0) is 31.0 Å². The maximum absolute atomic E-state index is 9.46. The summed E-state index contributed by atoms with van der Waals surface area (Å²) in [6.45, 7) is 1.86. The van der Waals surface area contributed by atoms with E-state index in [-0.39, 0.29) is 23.3 Å². The maximum Gasteiger partial charge on any atom is 0.202 e. The minimum atomic E-state index is -0.0665. The number of hydrogen-bond acceptors (Lipinski definition) is 4. The molecule has 1 aromatic carbocycles. The van der Waals surface area contributed by atoms with Crippen LogP contribution in [0.1, 0.15) is 12.5 Å². The van der Waals surface area contributed by atoms with Crippen molar-refractivity contribution in [1.29, 1.82) is 0 Å². The summed E-state index contributed by atoms with van der Waals surface area (Å²) in [6.07, 6.45) is 0.602. The Kier molecular flexibility index (Phi) is 3.19. The zero-order chi connectivity index (χ0) is 10.7. The van der Waals surface area contributed by atoms with E-state index in [4.69, 9.17) is 10.5 Å². The van der Waals surface area contributed by atoms with Crippen LogP contribution >= 0.6 is 0 Å². The summed E-state index contributed by atoms with van der Waals surface area (Å²) in [5.41, 5.74) is 6.39. The standard InChI is InChI=1S/C10H15NO3/c1-6(11)3-7-4-8(12)10(14-2)9(13)5-7/h4-6,12-13H,3,11H2,1-2H3. The van der Waals surface area contributed by atoms with E-state index in [9.17, 15) is 10.2 Å². The third-order valence-electron chi connectivity index (χ3n) is 1.87. The SMILES string of the molecule is COc1c(O)cc(CC(C)N)cc1O. The molecule has 0 aromatic heterocycles. The molecule has 0 spiro atoms. The predicted octanol–water partition coefficient (Wildman–Crippen LogP) is 0.996. The Balaban J connectivity index is 3.01. The first kappa shape index (κ1) is 10.7. The molecule has 4 heteroatoms. The van der Waals surface area contributed by atoms with Crippen molar-refractivity contribution in [3.05, 3.63) is 17.7 Å². The monoisotopic (exact) mass is 197 g/mol. The smallest absolute Gasteiger partial charge is 0.202 e. The molecule has 1 rings (SSSR count). The first-order valence-corrected chi connectivity index (χ1v) is 4.39. The van der Waals surface area contributed by atoms with Crippen LogP contribution in [0.25, 0.3) is 0 Å². The number of nitrogens with two attached hydrogens (primary N) is 1. The molecule has 14 heavy (non-hydrogen) atoms. The molecule has 0 saturated carbocycles. The van der Waals surface area contributed by atoms with Gasteiger partial charge in [-0.15, -0.1) is 0 Å². The van der Waals surface area contributed by atoms with Crippen LogP contribution < -0.4 is 10.5 Å². The highest BCUT2D eigenvalue weighted by molar-refractivity contribution is 5.52. The van der Waals surface area contributed by atoms with Crippen molar-refractivity contribution in [2.24, 2.45) is 5.73 Å². The quantitative estimate of drug-likeness (QED) is 0.675. The van der Waals surface area contributed by atoms with E-state index in [0.29, 0.717) is 6.42 Å². The average molecular weight is 197 g/mol. The fourth-order valence-electron chi connectivity index (χ4n) is 1.35. The van der Waals surface area contributed by atoms with Crippen LogP contribution in [0.5, 0.6) is 17.2 Å². The van der Waals surface area contributed by atoms with Gasteiger partial charge in [0, 0.05) is 6.04 Å². The summed E-state index contributed by atoms with van der Waals surface area (Å²) in [5, 5.41) is 18.9. The predicted molar refractivity (Wildman–Crippen MR) is 53.7 cm³/mol. The molecular formula is C10H15NO3. The Morgan fingerprint density at radius 2 is 1.86 bits per heavy atom. The second-order valence-electron chi connectivity index (χ2n) is 3.35. The van der Waals surface area contributed by atoms with Crippen molar-refractivity contribution in [2.45, 2.75) is 19.4 Å². The zero-order valence-electron chi connectivity index (χ0n) is 8.32. The summed E-state index contributed by atoms with van der Waals surface area (Å²) >= 11 is 0. The summed E-state index contributed by atoms with van der Waals surface area (Å²) in [4.78, 5) is 0. The molecule has 0 heterocycles. The van der Waals surface area contributed by atoms with Crippen molar-refractivity contribution in [3.8, 4) is 17.2 Å². The van der Waals surface area contributed by atoms with E-state index in [1.165, 1.54) is 7.11 Å². The van der Waals surface area contributed by atoms with Gasteiger partial charge in [0.15, 0.2) is 11.5 Å². The van der Waals surface area contributed by atoms with Crippen molar-refractivity contribution in [3.63, 3.8) is 0 Å². The number of ether oxygens (including phenoxy) is 1. The minimum Gasteiger partial charge on any atom is -0.504 e. The normalized spacial score (nSPS) is 12.5. The van der Waals surface area contributed by atoms with E-state index < -0.39 is 0 Å². The molecule has 1 unspecified atom stereocenters. The highest BCUT2D eigenvalue weighted by atomic mass is 16.5. The summed E-state index contributed by atoms with van der Waals surface area (Å²) in [6, 6.07) is 3.08. The number of hydrogen-bond donors (Lipinski definition) is 3.